The molecule has 0 aromatic carbocycles. The molecule has 0 saturated heterocycles. The highest BCUT2D eigenvalue weighted by Gasteiger charge is 2.55. The van der Waals surface area contributed by atoms with Crippen molar-refractivity contribution in [3.05, 3.63) is 17.6 Å². The fourth-order valence-corrected chi connectivity index (χ4v) is 5.91. The lowest BCUT2D eigenvalue weighted by atomic mass is 9.48. The Morgan fingerprint density at radius 3 is 2.77 bits per heavy atom. The van der Waals surface area contributed by atoms with Crippen LogP contribution >= 0.6 is 0 Å². The smallest absolute Gasteiger partial charge is 0.317 e. The minimum Gasteiger partial charge on any atom is -0.480 e. The van der Waals surface area contributed by atoms with Gasteiger partial charge in [-0.05, 0) is 62.2 Å². The molecule has 0 spiro atoms. The predicted octanol–water partition coefficient (Wildman–Crippen LogP) is 1.94. The van der Waals surface area contributed by atoms with Gasteiger partial charge in [0, 0.05) is 12.6 Å². The molecule has 2 atom stereocenters. The average Bonchev–Trinajstić information content (AvgIpc) is 2.59. The van der Waals surface area contributed by atoms with Crippen LogP contribution < -0.4 is 10.6 Å². The molecule has 2 unspecified atom stereocenters. The number of anilines is 1. The Morgan fingerprint density at radius 2 is 2.12 bits per heavy atom. The molecule has 26 heavy (non-hydrogen) atoms. The molecule has 3 N–H and O–H groups in total. The van der Waals surface area contributed by atoms with E-state index in [-0.39, 0.29) is 12.0 Å². The van der Waals surface area contributed by atoms with Crippen molar-refractivity contribution in [2.45, 2.75) is 45.1 Å². The predicted molar refractivity (Wildman–Crippen MR) is 95.4 cm³/mol. The van der Waals surface area contributed by atoms with Gasteiger partial charge in [0.25, 0.3) is 0 Å². The second kappa shape index (κ2) is 6.51. The molecule has 7 nitrogen and oxygen atoms in total. The monoisotopic (exact) mass is 355 g/mol. The average molecular weight is 355 g/mol. The second-order valence-electron chi connectivity index (χ2n) is 8.42. The highest BCUT2D eigenvalue weighted by Crippen LogP contribution is 2.60. The summed E-state index contributed by atoms with van der Waals surface area (Å²) in [7, 11) is 0. The third-order valence-electron chi connectivity index (χ3n) is 6.55. The van der Waals surface area contributed by atoms with E-state index in [1.54, 1.807) is 6.20 Å². The number of aliphatic carboxylic acids is 1. The molecule has 1 aromatic heterocycles. The number of hydrogen-bond acceptors (Lipinski definition) is 6. The highest BCUT2D eigenvalue weighted by molar-refractivity contribution is 5.69. The highest BCUT2D eigenvalue weighted by atomic mass is 16.4. The van der Waals surface area contributed by atoms with Crippen LogP contribution in [0.15, 0.2) is 6.20 Å². The Morgan fingerprint density at radius 1 is 1.38 bits per heavy atom. The molecule has 0 radical (unpaired) electrons. The van der Waals surface area contributed by atoms with Crippen LogP contribution in [0.4, 0.5) is 5.82 Å². The maximum absolute atomic E-state index is 10.9. The minimum atomic E-state index is -0.779. The van der Waals surface area contributed by atoms with Crippen LogP contribution in [0.2, 0.25) is 0 Å². The molecular weight excluding hydrogens is 330 g/mol. The first-order valence-electron chi connectivity index (χ1n) is 9.41. The van der Waals surface area contributed by atoms with E-state index in [2.05, 4.69) is 26.7 Å². The van der Waals surface area contributed by atoms with Gasteiger partial charge in [-0.25, -0.2) is 9.97 Å². The second-order valence-corrected chi connectivity index (χ2v) is 8.42. The zero-order chi connectivity index (χ0) is 18.3. The zero-order valence-electron chi connectivity index (χ0n) is 15.0. The van der Waals surface area contributed by atoms with Crippen molar-refractivity contribution < 1.29 is 9.90 Å². The third kappa shape index (κ3) is 3.14. The van der Waals surface area contributed by atoms with Gasteiger partial charge >= 0.3 is 5.97 Å². The van der Waals surface area contributed by atoms with E-state index >= 15 is 0 Å². The van der Waals surface area contributed by atoms with Crippen LogP contribution in [0, 0.1) is 41.4 Å². The summed E-state index contributed by atoms with van der Waals surface area (Å²) in [6.07, 6.45) is 7.48. The first-order valence-corrected chi connectivity index (χ1v) is 9.41. The summed E-state index contributed by atoms with van der Waals surface area (Å²) in [6.45, 7) is 2.71. The van der Waals surface area contributed by atoms with E-state index in [9.17, 15) is 10.1 Å². The molecule has 138 valence electrons. The summed E-state index contributed by atoms with van der Waals surface area (Å²) >= 11 is 0. The summed E-state index contributed by atoms with van der Waals surface area (Å²) in [5.41, 5.74) is 0.727. The lowest BCUT2D eigenvalue weighted by Gasteiger charge is -2.60. The van der Waals surface area contributed by atoms with Crippen LogP contribution in [0.25, 0.3) is 0 Å². The van der Waals surface area contributed by atoms with E-state index in [1.165, 1.54) is 19.3 Å². The zero-order valence-corrected chi connectivity index (χ0v) is 15.0. The summed E-state index contributed by atoms with van der Waals surface area (Å²) < 4.78 is 0. The quantitative estimate of drug-likeness (QED) is 0.715. The number of nitriles is 1. The molecule has 4 aliphatic carbocycles. The molecule has 7 heteroatoms. The number of carbonyl (C=O) groups is 1. The normalized spacial score (nSPS) is 34.5. The topological polar surface area (TPSA) is 111 Å². The molecular formula is C19H25N5O2. The first-order chi connectivity index (χ1) is 12.5. The van der Waals surface area contributed by atoms with Crippen LogP contribution in [0.1, 0.15) is 43.5 Å². The van der Waals surface area contributed by atoms with E-state index in [4.69, 9.17) is 5.11 Å². The number of carboxylic acids is 1. The largest absolute Gasteiger partial charge is 0.480 e. The Hall–Kier alpha value is -2.20. The van der Waals surface area contributed by atoms with Gasteiger partial charge in [0.15, 0.2) is 0 Å². The summed E-state index contributed by atoms with van der Waals surface area (Å²) in [5, 5.41) is 25.0. The minimum absolute atomic E-state index is 0.0549. The van der Waals surface area contributed by atoms with Gasteiger partial charge in [-0.15, -0.1) is 0 Å². The van der Waals surface area contributed by atoms with Gasteiger partial charge in [-0.3, -0.25) is 4.79 Å². The van der Waals surface area contributed by atoms with Crippen molar-refractivity contribution in [1.29, 1.82) is 5.26 Å². The number of aromatic nitrogens is 2. The van der Waals surface area contributed by atoms with Gasteiger partial charge in [0.1, 0.15) is 23.3 Å². The molecule has 4 aliphatic rings. The third-order valence-corrected chi connectivity index (χ3v) is 6.55. The van der Waals surface area contributed by atoms with Crippen LogP contribution in [-0.2, 0) is 4.79 Å². The van der Waals surface area contributed by atoms with Crippen molar-refractivity contribution in [1.82, 2.24) is 15.3 Å². The first kappa shape index (κ1) is 17.2. The molecule has 0 amide bonds. The maximum atomic E-state index is 10.9. The number of hydrogen-bond donors (Lipinski definition) is 3. The van der Waals surface area contributed by atoms with Crippen molar-refractivity contribution in [2.75, 3.05) is 18.4 Å². The number of aryl methyl sites for hydroxylation is 1. The molecule has 1 aromatic rings. The van der Waals surface area contributed by atoms with E-state index in [0.717, 1.165) is 25.3 Å². The summed E-state index contributed by atoms with van der Waals surface area (Å²) in [6, 6.07) is 2.50. The molecule has 4 fully saturated rings. The lowest BCUT2D eigenvalue weighted by molar-refractivity contribution is -0.137. The Bertz CT molecular complexity index is 743. The van der Waals surface area contributed by atoms with E-state index < -0.39 is 5.97 Å². The summed E-state index contributed by atoms with van der Waals surface area (Å²) in [4.78, 5) is 19.4. The SMILES string of the molecule is Cc1ncc(C#N)c(NCC23CC4CC(C2)C(NCC(=O)O)C(C4)C3)n1. The maximum Gasteiger partial charge on any atom is 0.317 e. The van der Waals surface area contributed by atoms with Gasteiger partial charge < -0.3 is 15.7 Å². The molecule has 4 bridgehead atoms. The fraction of sp³-hybridized carbons (Fsp3) is 0.684. The Labute approximate surface area is 153 Å². The Kier molecular flexibility index (Phi) is 4.31. The number of carboxylic acid groups (broad SMARTS) is 1. The Balaban J connectivity index is 1.47. The number of nitrogens with zero attached hydrogens (tertiary/aromatic N) is 3. The standard InChI is InChI=1S/C19H25N5O2/c1-11-21-8-15(7-20)18(24-11)23-10-19-4-12-2-13(5-19)17(14(3-12)6-19)22-9-16(25)26/h8,12-14,17,22H,2-6,9-10H2,1H3,(H,25,26)(H,21,23,24). The van der Waals surface area contributed by atoms with Crippen molar-refractivity contribution in [2.24, 2.45) is 23.2 Å². The number of rotatable bonds is 6. The van der Waals surface area contributed by atoms with Gasteiger partial charge in [0.05, 0.1) is 12.7 Å². The number of nitrogens with one attached hydrogen (secondary N) is 2. The summed E-state index contributed by atoms with van der Waals surface area (Å²) in [5.74, 6) is 2.39. The molecule has 4 saturated carbocycles. The van der Waals surface area contributed by atoms with E-state index in [0.29, 0.717) is 35.1 Å². The van der Waals surface area contributed by atoms with Crippen LogP contribution in [0.5, 0.6) is 0 Å². The van der Waals surface area contributed by atoms with Crippen molar-refractivity contribution >= 4 is 11.8 Å². The van der Waals surface area contributed by atoms with Gasteiger partial charge in [0.2, 0.25) is 0 Å². The molecule has 5 rings (SSSR count). The molecule has 1 heterocycles. The van der Waals surface area contributed by atoms with E-state index in [1.807, 2.05) is 6.92 Å². The van der Waals surface area contributed by atoms with Crippen LogP contribution in [0.3, 0.4) is 0 Å². The molecule has 0 aliphatic heterocycles. The van der Waals surface area contributed by atoms with Crippen molar-refractivity contribution in [3.8, 4) is 6.07 Å². The fourth-order valence-electron chi connectivity index (χ4n) is 5.91. The van der Waals surface area contributed by atoms with Crippen molar-refractivity contribution in [3.63, 3.8) is 0 Å². The van der Waals surface area contributed by atoms with Gasteiger partial charge in [-0.2, -0.15) is 5.26 Å². The van der Waals surface area contributed by atoms with Crippen LogP contribution in [-0.4, -0.2) is 40.2 Å². The lowest BCUT2D eigenvalue weighted by Crippen LogP contribution is -2.60. The van der Waals surface area contributed by atoms with Gasteiger partial charge in [-0.1, -0.05) is 0 Å².